The monoisotopic (exact) mass is 730 g/mol. The summed E-state index contributed by atoms with van der Waals surface area (Å²) in [6.07, 6.45) is 5.61. The molecule has 5 rings (SSSR count). The Labute approximate surface area is 278 Å². The average molecular weight is 734 g/mol. The minimum atomic E-state index is 0.105. The van der Waals surface area contributed by atoms with Crippen molar-refractivity contribution >= 4 is 137 Å². The van der Waals surface area contributed by atoms with Crippen molar-refractivity contribution in [3.8, 4) is 21.1 Å². The van der Waals surface area contributed by atoms with Crippen LogP contribution in [0.2, 0.25) is 40.2 Å². The van der Waals surface area contributed by atoms with Gasteiger partial charge < -0.3 is 0 Å². The third-order valence-electron chi connectivity index (χ3n) is 6.38. The molecule has 0 aliphatic rings. The highest BCUT2D eigenvalue weighted by molar-refractivity contribution is 7.15. The first-order valence-electron chi connectivity index (χ1n) is 12.2. The molecule has 0 amide bonds. The normalized spacial score (nSPS) is 11.8. The standard InChI is InChI=1S/C26H18Cl8N4S2/c1-3-5-7-9-35-37-25(39-9)15-13-11(20(30)24(34)22(15)32)12-14(21(31)19(13)29)17(27)16(23(33)18(12)28)26-38-36-10(40-26)8-6-4-2/h3-8H2,1-2H3. The van der Waals surface area contributed by atoms with Gasteiger partial charge in [0.1, 0.15) is 15.0 Å². The number of fused-ring (bicyclic) bond motifs is 3. The van der Waals surface area contributed by atoms with E-state index in [0.29, 0.717) is 42.7 Å². The fourth-order valence-corrected chi connectivity index (χ4v) is 8.84. The Hall–Kier alpha value is -0.380. The SMILES string of the molecule is CCCCc1nnc(-c2c(Cl)c(Cl)c3c(c2Cl)c(Cl)c(Cl)c2c(-c4nnc(CCCC)s4)c(Cl)c(Cl)c(Cl)c23)s1. The predicted octanol–water partition coefficient (Wildman–Crippen LogP) is 12.9. The maximum atomic E-state index is 7.01. The number of hydrogen-bond acceptors (Lipinski definition) is 6. The van der Waals surface area contributed by atoms with Crippen LogP contribution < -0.4 is 0 Å². The maximum absolute atomic E-state index is 7.01. The molecule has 0 spiro atoms. The highest BCUT2D eigenvalue weighted by Crippen LogP contribution is 2.57. The van der Waals surface area contributed by atoms with Gasteiger partial charge in [-0.05, 0) is 12.8 Å². The van der Waals surface area contributed by atoms with Crippen LogP contribution in [0.25, 0.3) is 42.7 Å². The van der Waals surface area contributed by atoms with Gasteiger partial charge in [-0.1, -0.05) is 142 Å². The van der Waals surface area contributed by atoms with E-state index in [1.807, 2.05) is 0 Å². The lowest BCUT2D eigenvalue weighted by Gasteiger charge is -2.19. The second-order valence-electron chi connectivity index (χ2n) is 8.97. The van der Waals surface area contributed by atoms with Crippen LogP contribution in [0.4, 0.5) is 0 Å². The molecule has 0 unspecified atom stereocenters. The largest absolute Gasteiger partial charge is 0.150 e. The minimum Gasteiger partial charge on any atom is -0.143 e. The van der Waals surface area contributed by atoms with Crippen molar-refractivity contribution in [3.63, 3.8) is 0 Å². The van der Waals surface area contributed by atoms with E-state index in [2.05, 4.69) is 34.2 Å². The fraction of sp³-hybridized carbons (Fsp3) is 0.308. The van der Waals surface area contributed by atoms with Gasteiger partial charge >= 0.3 is 0 Å². The Morgan fingerprint density at radius 3 is 1.43 bits per heavy atom. The van der Waals surface area contributed by atoms with Crippen LogP contribution in [0, 0.1) is 0 Å². The highest BCUT2D eigenvalue weighted by Gasteiger charge is 2.30. The van der Waals surface area contributed by atoms with Crippen LogP contribution in [-0.4, -0.2) is 20.4 Å². The van der Waals surface area contributed by atoms with Crippen molar-refractivity contribution in [3.05, 3.63) is 50.2 Å². The van der Waals surface area contributed by atoms with Crippen LogP contribution in [0.1, 0.15) is 49.5 Å². The maximum Gasteiger partial charge on any atom is 0.150 e. The van der Waals surface area contributed by atoms with E-state index in [1.165, 1.54) is 22.7 Å². The molecule has 0 radical (unpaired) electrons. The van der Waals surface area contributed by atoms with Gasteiger partial charge in [-0.2, -0.15) is 0 Å². The first-order valence-corrected chi connectivity index (χ1v) is 16.9. The second-order valence-corrected chi connectivity index (χ2v) is 14.1. The molecule has 0 bridgehead atoms. The van der Waals surface area contributed by atoms with Gasteiger partial charge in [0.25, 0.3) is 0 Å². The third kappa shape index (κ3) is 5.29. The molecular formula is C26H18Cl8N4S2. The Kier molecular flexibility index (Phi) is 9.86. The molecule has 14 heteroatoms. The van der Waals surface area contributed by atoms with Gasteiger partial charge in [-0.3, -0.25) is 0 Å². The summed E-state index contributed by atoms with van der Waals surface area (Å²) in [6.45, 7) is 4.22. The molecule has 0 atom stereocenters. The number of benzene rings is 3. The lowest BCUT2D eigenvalue weighted by atomic mass is 9.96. The number of aryl methyl sites for hydroxylation is 2. The Bertz CT molecular complexity index is 1780. The summed E-state index contributed by atoms with van der Waals surface area (Å²) in [5.41, 5.74) is 0.872. The topological polar surface area (TPSA) is 51.6 Å². The third-order valence-corrected chi connectivity index (χ3v) is 11.8. The second kappa shape index (κ2) is 12.7. The predicted molar refractivity (Wildman–Crippen MR) is 177 cm³/mol. The van der Waals surface area contributed by atoms with E-state index < -0.39 is 0 Å². The molecule has 0 fully saturated rings. The quantitative estimate of drug-likeness (QED) is 0.0905. The van der Waals surface area contributed by atoms with E-state index in [9.17, 15) is 0 Å². The zero-order valence-corrected chi connectivity index (χ0v) is 28.6. The molecule has 40 heavy (non-hydrogen) atoms. The van der Waals surface area contributed by atoms with Crippen molar-refractivity contribution in [2.45, 2.75) is 52.4 Å². The van der Waals surface area contributed by atoms with E-state index in [4.69, 9.17) is 92.8 Å². The van der Waals surface area contributed by atoms with Crippen molar-refractivity contribution in [2.75, 3.05) is 0 Å². The van der Waals surface area contributed by atoms with E-state index in [1.54, 1.807) is 0 Å². The van der Waals surface area contributed by atoms with Crippen molar-refractivity contribution in [2.24, 2.45) is 0 Å². The van der Waals surface area contributed by atoms with Gasteiger partial charge in [-0.15, -0.1) is 20.4 Å². The molecule has 0 N–H and O–H groups in total. The van der Waals surface area contributed by atoms with Crippen LogP contribution in [0.5, 0.6) is 0 Å². The Morgan fingerprint density at radius 1 is 0.450 bits per heavy atom. The number of aromatic nitrogens is 4. The molecular weight excluding hydrogens is 716 g/mol. The summed E-state index contributed by atoms with van der Waals surface area (Å²) in [6, 6.07) is 0. The van der Waals surface area contributed by atoms with Gasteiger partial charge in [0.05, 0.1) is 45.7 Å². The van der Waals surface area contributed by atoms with Crippen LogP contribution in [-0.2, 0) is 12.8 Å². The molecule has 2 aromatic heterocycles. The molecule has 0 saturated heterocycles. The summed E-state index contributed by atoms with van der Waals surface area (Å²) < 4.78 is 0. The number of hydrogen-bond donors (Lipinski definition) is 0. The van der Waals surface area contributed by atoms with Crippen molar-refractivity contribution < 1.29 is 0 Å². The summed E-state index contributed by atoms with van der Waals surface area (Å²) in [5, 5.41) is 23.0. The fourth-order valence-electron chi connectivity index (χ4n) is 4.39. The molecule has 4 nitrogen and oxygen atoms in total. The first-order chi connectivity index (χ1) is 19.1. The lowest BCUT2D eigenvalue weighted by molar-refractivity contribution is 0.780. The number of rotatable bonds is 8. The molecule has 210 valence electrons. The van der Waals surface area contributed by atoms with Gasteiger partial charge in [0, 0.05) is 39.9 Å². The summed E-state index contributed by atoms with van der Waals surface area (Å²) in [4.78, 5) is 0. The molecule has 2 heterocycles. The molecule has 0 aliphatic heterocycles. The number of nitrogens with zero attached hydrogens (tertiary/aromatic N) is 4. The summed E-state index contributed by atoms with van der Waals surface area (Å²) in [7, 11) is 0. The summed E-state index contributed by atoms with van der Waals surface area (Å²) >= 11 is 57.9. The van der Waals surface area contributed by atoms with E-state index in [-0.39, 0.29) is 40.2 Å². The first kappa shape index (κ1) is 31.1. The smallest absolute Gasteiger partial charge is 0.143 e. The number of halogens is 8. The zero-order valence-electron chi connectivity index (χ0n) is 20.9. The Morgan fingerprint density at radius 2 is 0.875 bits per heavy atom. The average Bonchev–Trinajstić information content (AvgIpc) is 3.60. The summed E-state index contributed by atoms with van der Waals surface area (Å²) in [5.74, 6) is 0. The highest BCUT2D eigenvalue weighted by atomic mass is 35.5. The zero-order chi connectivity index (χ0) is 28.9. The van der Waals surface area contributed by atoms with Gasteiger partial charge in [-0.25, -0.2) is 0 Å². The molecule has 3 aromatic carbocycles. The lowest BCUT2D eigenvalue weighted by Crippen LogP contribution is -1.94. The van der Waals surface area contributed by atoms with Crippen LogP contribution in [0.3, 0.4) is 0 Å². The minimum absolute atomic E-state index is 0.105. The molecule has 0 saturated carbocycles. The number of unbranched alkanes of at least 4 members (excludes halogenated alkanes) is 2. The van der Waals surface area contributed by atoms with Crippen molar-refractivity contribution in [1.82, 2.24) is 20.4 Å². The van der Waals surface area contributed by atoms with Crippen LogP contribution in [0.15, 0.2) is 0 Å². The van der Waals surface area contributed by atoms with Crippen LogP contribution >= 0.6 is 115 Å². The van der Waals surface area contributed by atoms with Gasteiger partial charge in [0.15, 0.2) is 5.01 Å². The molecule has 0 aliphatic carbocycles. The van der Waals surface area contributed by atoms with E-state index >= 15 is 0 Å². The van der Waals surface area contributed by atoms with Crippen molar-refractivity contribution in [1.29, 1.82) is 0 Å². The van der Waals surface area contributed by atoms with E-state index in [0.717, 1.165) is 48.5 Å². The van der Waals surface area contributed by atoms with Gasteiger partial charge in [0.2, 0.25) is 0 Å². The molecule has 5 aromatic rings. The Balaban J connectivity index is 1.87.